The number of benzene rings is 1. The number of rotatable bonds is 4. The van der Waals surface area contributed by atoms with E-state index in [1.165, 1.54) is 6.07 Å². The predicted molar refractivity (Wildman–Crippen MR) is 164 cm³/mol. The molecule has 2 aromatic rings. The second-order valence-corrected chi connectivity index (χ2v) is 15.7. The van der Waals surface area contributed by atoms with Crippen molar-refractivity contribution in [2.24, 2.45) is 17.8 Å². The molecule has 1 aromatic carbocycles. The van der Waals surface area contributed by atoms with Gasteiger partial charge in [0.05, 0.1) is 22.6 Å². The molecule has 2 aliphatic heterocycles. The summed E-state index contributed by atoms with van der Waals surface area (Å²) in [6, 6.07) is 5.65. The summed E-state index contributed by atoms with van der Waals surface area (Å²) in [4.78, 5) is 6.36. The molecule has 41 heavy (non-hydrogen) atoms. The third-order valence-electron chi connectivity index (χ3n) is 9.85. The highest BCUT2D eigenvalue weighted by atomic mass is 32.2. The smallest absolute Gasteiger partial charge is 0.155 e. The van der Waals surface area contributed by atoms with Crippen LogP contribution in [-0.4, -0.2) is 74.4 Å². The molecule has 3 unspecified atom stereocenters. The number of halogens is 1. The average Bonchev–Trinajstić information content (AvgIpc) is 2.92. The number of aromatic nitrogens is 1. The number of nitrogen functional groups attached to an aromatic ring is 1. The SMILES string of the molecule is CC(C)S(=O)(=O)C1CCC2CC1CN(C)C[C@H](Nc1cc(F)c3c(N)nccc3c1)C1CCC(CCOCN2)CC1. The number of nitrogens with zero attached hydrogens (tertiary/aromatic N) is 2. The zero-order valence-electron chi connectivity index (χ0n) is 24.8. The number of hydrogen-bond acceptors (Lipinski definition) is 8. The predicted octanol–water partition coefficient (Wildman–Crippen LogP) is 4.80. The molecule has 228 valence electrons. The summed E-state index contributed by atoms with van der Waals surface area (Å²) in [5, 5.41) is 7.63. The van der Waals surface area contributed by atoms with E-state index in [2.05, 4.69) is 27.6 Å². The molecule has 2 aliphatic carbocycles. The highest BCUT2D eigenvalue weighted by Crippen LogP contribution is 2.36. The van der Waals surface area contributed by atoms with Crippen molar-refractivity contribution >= 4 is 32.1 Å². The van der Waals surface area contributed by atoms with Gasteiger partial charge in [0.1, 0.15) is 11.6 Å². The molecule has 2 saturated carbocycles. The standard InChI is InChI=1S/C31H48FN5O3S/c1-20(2)41(38,39)29-9-8-25-15-24(29)17-37(3)18-28(22-6-4-21(5-7-22)11-13-40-19-35-25)36-26-14-23-10-12-34-31(33)30(23)27(32)16-26/h10,12,14,16,20-22,24-25,28-29,35-36H,4-9,11,13,15,17-19H2,1-3H3,(H2,33,34)/t21?,22?,24?,25?,28-,29?/m0/s1. The normalized spacial score (nSPS) is 31.0. The van der Waals surface area contributed by atoms with Crippen molar-refractivity contribution in [1.82, 2.24) is 15.2 Å². The van der Waals surface area contributed by atoms with E-state index in [0.717, 1.165) is 69.2 Å². The molecule has 4 bridgehead atoms. The summed E-state index contributed by atoms with van der Waals surface area (Å²) in [6.45, 7) is 6.35. The van der Waals surface area contributed by atoms with Gasteiger partial charge in [-0.3, -0.25) is 5.32 Å². The van der Waals surface area contributed by atoms with Crippen LogP contribution in [0.4, 0.5) is 15.9 Å². The number of sulfone groups is 1. The monoisotopic (exact) mass is 589 g/mol. The Morgan fingerprint density at radius 3 is 2.63 bits per heavy atom. The number of fused-ring (bicyclic) bond motifs is 10. The van der Waals surface area contributed by atoms with Crippen LogP contribution in [0.2, 0.25) is 0 Å². The Balaban J connectivity index is 1.40. The maximum Gasteiger partial charge on any atom is 0.155 e. The number of anilines is 2. The zero-order valence-corrected chi connectivity index (χ0v) is 25.6. The first kappa shape index (κ1) is 30.4. The molecule has 0 spiro atoms. The molecule has 6 rings (SSSR count). The number of pyridine rings is 1. The van der Waals surface area contributed by atoms with Crippen LogP contribution in [0, 0.1) is 23.6 Å². The van der Waals surface area contributed by atoms with Gasteiger partial charge in [0.15, 0.2) is 9.84 Å². The average molecular weight is 590 g/mol. The molecule has 2 saturated heterocycles. The fraction of sp³-hybridized carbons (Fsp3) is 0.710. The second-order valence-electron chi connectivity index (χ2n) is 13.0. The molecule has 3 heterocycles. The van der Waals surface area contributed by atoms with Gasteiger partial charge in [0.2, 0.25) is 0 Å². The zero-order chi connectivity index (χ0) is 29.1. The Hall–Kier alpha value is -2.01. The lowest BCUT2D eigenvalue weighted by Gasteiger charge is -2.41. The minimum atomic E-state index is -3.22. The summed E-state index contributed by atoms with van der Waals surface area (Å²) in [6.07, 6.45) is 9.57. The van der Waals surface area contributed by atoms with E-state index in [-0.39, 0.29) is 40.1 Å². The van der Waals surface area contributed by atoms with Gasteiger partial charge in [-0.15, -0.1) is 0 Å². The van der Waals surface area contributed by atoms with Crippen molar-refractivity contribution in [2.75, 3.05) is 44.5 Å². The van der Waals surface area contributed by atoms with E-state index in [1.807, 2.05) is 6.07 Å². The molecule has 10 heteroatoms. The number of ether oxygens (including phenoxy) is 1. The number of hydrogen-bond donors (Lipinski definition) is 3. The first-order chi connectivity index (χ1) is 19.6. The van der Waals surface area contributed by atoms with Crippen LogP contribution in [0.25, 0.3) is 10.8 Å². The maximum absolute atomic E-state index is 15.2. The summed E-state index contributed by atoms with van der Waals surface area (Å²) in [5.41, 5.74) is 6.71. The fourth-order valence-corrected chi connectivity index (χ4v) is 9.38. The van der Waals surface area contributed by atoms with Crippen LogP contribution in [0.5, 0.6) is 0 Å². The fourth-order valence-electron chi connectivity index (χ4n) is 7.49. The maximum atomic E-state index is 15.2. The van der Waals surface area contributed by atoms with E-state index in [4.69, 9.17) is 10.5 Å². The summed E-state index contributed by atoms with van der Waals surface area (Å²) < 4.78 is 47.9. The Labute approximate surface area is 244 Å². The molecule has 4 atom stereocenters. The highest BCUT2D eigenvalue weighted by Gasteiger charge is 2.41. The van der Waals surface area contributed by atoms with E-state index >= 15 is 4.39 Å². The van der Waals surface area contributed by atoms with Gasteiger partial charge in [-0.2, -0.15) is 0 Å². The number of nitrogens with two attached hydrogens (primary N) is 1. The minimum absolute atomic E-state index is 0.0385. The molecule has 4 fully saturated rings. The molecule has 0 radical (unpaired) electrons. The summed E-state index contributed by atoms with van der Waals surface area (Å²) in [5.74, 6) is 0.983. The van der Waals surface area contributed by atoms with Gasteiger partial charge in [-0.25, -0.2) is 17.8 Å². The third kappa shape index (κ3) is 7.14. The lowest BCUT2D eigenvalue weighted by molar-refractivity contribution is 0.0760. The molecule has 4 aliphatic rings. The van der Waals surface area contributed by atoms with E-state index in [0.29, 0.717) is 36.9 Å². The van der Waals surface area contributed by atoms with E-state index in [1.54, 1.807) is 26.1 Å². The number of likely N-dealkylation sites (N-methyl/N-ethyl adjacent to an activating group) is 1. The van der Waals surface area contributed by atoms with Gasteiger partial charge in [-0.05, 0) is 101 Å². The van der Waals surface area contributed by atoms with Gasteiger partial charge in [0.25, 0.3) is 0 Å². The molecule has 8 nitrogen and oxygen atoms in total. The molecular weight excluding hydrogens is 541 g/mol. The van der Waals surface area contributed by atoms with Crippen molar-refractivity contribution in [3.63, 3.8) is 0 Å². The van der Waals surface area contributed by atoms with Gasteiger partial charge >= 0.3 is 0 Å². The van der Waals surface area contributed by atoms with E-state index < -0.39 is 9.84 Å². The quantitative estimate of drug-likeness (QED) is 0.467. The van der Waals surface area contributed by atoms with Crippen molar-refractivity contribution in [3.8, 4) is 0 Å². The minimum Gasteiger partial charge on any atom is -0.383 e. The van der Waals surface area contributed by atoms with Crippen LogP contribution in [0.3, 0.4) is 0 Å². The Bertz CT molecular complexity index is 1280. The Kier molecular flexibility index (Phi) is 9.73. The van der Waals surface area contributed by atoms with Crippen molar-refractivity contribution in [3.05, 3.63) is 30.2 Å². The van der Waals surface area contributed by atoms with Crippen LogP contribution >= 0.6 is 0 Å². The first-order valence-corrected chi connectivity index (χ1v) is 17.1. The van der Waals surface area contributed by atoms with Gasteiger partial charge < -0.3 is 20.7 Å². The lowest BCUT2D eigenvalue weighted by atomic mass is 9.77. The van der Waals surface area contributed by atoms with Crippen LogP contribution < -0.4 is 16.4 Å². The highest BCUT2D eigenvalue weighted by molar-refractivity contribution is 7.92. The first-order valence-electron chi connectivity index (χ1n) is 15.4. The van der Waals surface area contributed by atoms with Crippen LogP contribution in [0.15, 0.2) is 24.4 Å². The van der Waals surface area contributed by atoms with Crippen molar-refractivity contribution in [1.29, 1.82) is 0 Å². The van der Waals surface area contributed by atoms with E-state index in [9.17, 15) is 8.42 Å². The number of nitrogens with one attached hydrogen (secondary N) is 2. The largest absolute Gasteiger partial charge is 0.383 e. The Morgan fingerprint density at radius 1 is 1.10 bits per heavy atom. The molecular formula is C31H48FN5O3S. The van der Waals surface area contributed by atoms with Crippen LogP contribution in [-0.2, 0) is 14.6 Å². The van der Waals surface area contributed by atoms with Gasteiger partial charge in [0, 0.05) is 43.7 Å². The van der Waals surface area contributed by atoms with Gasteiger partial charge in [-0.1, -0.05) is 12.8 Å². The van der Waals surface area contributed by atoms with Crippen molar-refractivity contribution in [2.45, 2.75) is 87.8 Å². The summed E-state index contributed by atoms with van der Waals surface area (Å²) in [7, 11) is -1.11. The topological polar surface area (TPSA) is 110 Å². The summed E-state index contributed by atoms with van der Waals surface area (Å²) >= 11 is 0. The van der Waals surface area contributed by atoms with Crippen LogP contribution in [0.1, 0.15) is 65.2 Å². The molecule has 0 amide bonds. The second kappa shape index (κ2) is 13.1. The third-order valence-corrected chi connectivity index (χ3v) is 12.6. The lowest BCUT2D eigenvalue weighted by Crippen LogP contribution is -2.50. The van der Waals surface area contributed by atoms with Crippen molar-refractivity contribution < 1.29 is 17.5 Å². The molecule has 1 aromatic heterocycles. The Morgan fingerprint density at radius 2 is 1.88 bits per heavy atom. The molecule has 4 N–H and O–H groups in total.